The van der Waals surface area contributed by atoms with E-state index >= 15 is 0 Å². The van der Waals surface area contributed by atoms with Gasteiger partial charge in [-0.05, 0) is 18.2 Å². The summed E-state index contributed by atoms with van der Waals surface area (Å²) >= 11 is 3.89. The number of thiol groups is 1. The second-order valence-electron chi connectivity index (χ2n) is 1.78. The van der Waals surface area contributed by atoms with Crippen molar-refractivity contribution < 1.29 is 4.39 Å². The zero-order valence-electron chi connectivity index (χ0n) is 5.00. The molecular weight excluding hydrogens is 149 g/mol. The molecule has 0 aromatic heterocycles. The zero-order chi connectivity index (χ0) is 7.56. The number of rotatable bonds is 0. The molecule has 1 aromatic rings. The first-order chi connectivity index (χ1) is 4.74. The molecule has 10 heavy (non-hydrogen) atoms. The summed E-state index contributed by atoms with van der Waals surface area (Å²) in [5.74, 6) is -0.519. The molecule has 0 aliphatic carbocycles. The van der Waals surface area contributed by atoms with Gasteiger partial charge in [-0.2, -0.15) is 5.26 Å². The molecule has 0 saturated heterocycles. The summed E-state index contributed by atoms with van der Waals surface area (Å²) in [7, 11) is 0. The highest BCUT2D eigenvalue weighted by Crippen LogP contribution is 2.11. The minimum absolute atomic E-state index is 0.0535. The van der Waals surface area contributed by atoms with Gasteiger partial charge in [0.15, 0.2) is 0 Å². The van der Waals surface area contributed by atoms with E-state index in [2.05, 4.69) is 12.6 Å². The van der Waals surface area contributed by atoms with Crippen LogP contribution in [-0.2, 0) is 0 Å². The fourth-order valence-corrected chi connectivity index (χ4v) is 0.783. The van der Waals surface area contributed by atoms with Gasteiger partial charge in [-0.25, -0.2) is 4.39 Å². The Kier molecular flexibility index (Phi) is 1.93. The van der Waals surface area contributed by atoms with E-state index in [1.807, 2.05) is 0 Å². The summed E-state index contributed by atoms with van der Waals surface area (Å²) in [6.45, 7) is 0. The highest BCUT2D eigenvalue weighted by Gasteiger charge is 1.98. The molecule has 1 rings (SSSR count). The maximum atomic E-state index is 12.6. The van der Waals surface area contributed by atoms with E-state index in [0.29, 0.717) is 4.90 Å². The molecule has 0 aliphatic rings. The van der Waals surface area contributed by atoms with Gasteiger partial charge in [0.25, 0.3) is 0 Å². The fraction of sp³-hybridized carbons (Fsp3) is 0. The molecule has 0 heterocycles. The highest BCUT2D eigenvalue weighted by atomic mass is 32.1. The van der Waals surface area contributed by atoms with Gasteiger partial charge in [0.2, 0.25) is 0 Å². The fourth-order valence-electron chi connectivity index (χ4n) is 0.595. The van der Waals surface area contributed by atoms with E-state index in [-0.39, 0.29) is 5.56 Å². The number of halogens is 1. The smallest absolute Gasteiger partial charge is 0.142 e. The first-order valence-corrected chi connectivity index (χ1v) is 3.07. The lowest BCUT2D eigenvalue weighted by atomic mass is 10.2. The molecule has 0 N–H and O–H groups in total. The summed E-state index contributed by atoms with van der Waals surface area (Å²) in [6, 6.07) is 5.90. The van der Waals surface area contributed by atoms with Gasteiger partial charge in [-0.1, -0.05) is 0 Å². The Hall–Kier alpha value is -1.01. The van der Waals surface area contributed by atoms with Gasteiger partial charge in [0, 0.05) is 4.90 Å². The normalized spacial score (nSPS) is 8.90. The molecule has 0 bridgehead atoms. The number of benzene rings is 1. The van der Waals surface area contributed by atoms with Crippen molar-refractivity contribution in [1.29, 1.82) is 5.26 Å². The highest BCUT2D eigenvalue weighted by molar-refractivity contribution is 7.80. The van der Waals surface area contributed by atoms with E-state index in [1.54, 1.807) is 12.1 Å². The average Bonchev–Trinajstić information content (AvgIpc) is 1.88. The van der Waals surface area contributed by atoms with E-state index in [9.17, 15) is 4.39 Å². The lowest BCUT2D eigenvalue weighted by Gasteiger charge is -1.92. The summed E-state index contributed by atoms with van der Waals surface area (Å²) in [5, 5.41) is 8.29. The van der Waals surface area contributed by atoms with Gasteiger partial charge in [0.1, 0.15) is 11.9 Å². The van der Waals surface area contributed by atoms with Crippen LogP contribution >= 0.6 is 12.6 Å². The third-order valence-electron chi connectivity index (χ3n) is 1.07. The van der Waals surface area contributed by atoms with Gasteiger partial charge in [-0.3, -0.25) is 0 Å². The van der Waals surface area contributed by atoms with Crippen LogP contribution in [0.5, 0.6) is 0 Å². The van der Waals surface area contributed by atoms with Crippen LogP contribution in [-0.4, -0.2) is 0 Å². The van der Waals surface area contributed by atoms with Crippen molar-refractivity contribution in [2.75, 3.05) is 0 Å². The minimum atomic E-state index is -0.519. The Labute approximate surface area is 63.5 Å². The summed E-state index contributed by atoms with van der Waals surface area (Å²) in [5.41, 5.74) is 0.0535. The lowest BCUT2D eigenvalue weighted by Crippen LogP contribution is -1.81. The molecule has 0 saturated carbocycles. The van der Waals surface area contributed by atoms with Crippen molar-refractivity contribution in [3.63, 3.8) is 0 Å². The standard InChI is InChI=1S/C7H4FNS/c8-7-3-6(10)2-1-5(7)4-9/h1-3,10H. The topological polar surface area (TPSA) is 23.8 Å². The second kappa shape index (κ2) is 2.72. The number of nitriles is 1. The Balaban J connectivity index is 3.23. The lowest BCUT2D eigenvalue weighted by molar-refractivity contribution is 0.620. The Morgan fingerprint density at radius 2 is 2.20 bits per heavy atom. The van der Waals surface area contributed by atoms with Crippen LogP contribution in [0.25, 0.3) is 0 Å². The van der Waals surface area contributed by atoms with Crippen molar-refractivity contribution in [3.05, 3.63) is 29.6 Å². The van der Waals surface area contributed by atoms with Crippen molar-refractivity contribution in [2.45, 2.75) is 4.90 Å². The molecule has 1 nitrogen and oxygen atoms in total. The van der Waals surface area contributed by atoms with Gasteiger partial charge >= 0.3 is 0 Å². The summed E-state index contributed by atoms with van der Waals surface area (Å²) < 4.78 is 12.6. The third-order valence-corrected chi connectivity index (χ3v) is 1.35. The van der Waals surface area contributed by atoms with Crippen LogP contribution in [0.2, 0.25) is 0 Å². The molecule has 0 fully saturated rings. The Morgan fingerprint density at radius 1 is 1.50 bits per heavy atom. The second-order valence-corrected chi connectivity index (χ2v) is 2.29. The molecule has 0 amide bonds. The predicted molar refractivity (Wildman–Crippen MR) is 38.4 cm³/mol. The summed E-state index contributed by atoms with van der Waals surface area (Å²) in [6.07, 6.45) is 0. The third kappa shape index (κ3) is 1.28. The van der Waals surface area contributed by atoms with Gasteiger partial charge in [0.05, 0.1) is 5.56 Å². The van der Waals surface area contributed by atoms with Crippen molar-refractivity contribution >= 4 is 12.6 Å². The molecule has 0 spiro atoms. The SMILES string of the molecule is N#Cc1ccc(S)cc1F. The Morgan fingerprint density at radius 3 is 2.70 bits per heavy atom. The van der Waals surface area contributed by atoms with E-state index < -0.39 is 5.82 Å². The van der Waals surface area contributed by atoms with Crippen LogP contribution in [0.3, 0.4) is 0 Å². The van der Waals surface area contributed by atoms with Crippen LogP contribution in [0.15, 0.2) is 23.1 Å². The molecule has 1 aromatic carbocycles. The quantitative estimate of drug-likeness (QED) is 0.566. The maximum absolute atomic E-state index is 12.6. The van der Waals surface area contributed by atoms with Crippen LogP contribution in [0.4, 0.5) is 4.39 Å². The first kappa shape index (κ1) is 7.10. The van der Waals surface area contributed by atoms with Crippen molar-refractivity contribution in [1.82, 2.24) is 0 Å². The van der Waals surface area contributed by atoms with E-state index in [4.69, 9.17) is 5.26 Å². The number of nitrogens with zero attached hydrogens (tertiary/aromatic N) is 1. The van der Waals surface area contributed by atoms with Crippen molar-refractivity contribution in [3.8, 4) is 6.07 Å². The van der Waals surface area contributed by atoms with Crippen LogP contribution in [0.1, 0.15) is 5.56 Å². The summed E-state index contributed by atoms with van der Waals surface area (Å²) in [4.78, 5) is 0.525. The average molecular weight is 153 g/mol. The number of hydrogen-bond acceptors (Lipinski definition) is 2. The van der Waals surface area contributed by atoms with Crippen LogP contribution < -0.4 is 0 Å². The number of hydrogen-bond donors (Lipinski definition) is 1. The van der Waals surface area contributed by atoms with E-state index in [0.717, 1.165) is 0 Å². The van der Waals surface area contributed by atoms with Crippen LogP contribution in [0, 0.1) is 17.1 Å². The molecule has 50 valence electrons. The first-order valence-electron chi connectivity index (χ1n) is 2.62. The zero-order valence-corrected chi connectivity index (χ0v) is 5.90. The monoisotopic (exact) mass is 153 g/mol. The molecule has 0 aliphatic heterocycles. The molecule has 0 unspecified atom stereocenters. The largest absolute Gasteiger partial charge is 0.206 e. The van der Waals surface area contributed by atoms with Gasteiger partial charge in [-0.15, -0.1) is 12.6 Å². The molecule has 0 atom stereocenters. The molecule has 0 radical (unpaired) electrons. The molecule has 3 heteroatoms. The molecular formula is C7H4FNS. The van der Waals surface area contributed by atoms with Gasteiger partial charge < -0.3 is 0 Å². The predicted octanol–water partition coefficient (Wildman–Crippen LogP) is 1.99. The van der Waals surface area contributed by atoms with E-state index in [1.165, 1.54) is 12.1 Å². The minimum Gasteiger partial charge on any atom is -0.206 e. The maximum Gasteiger partial charge on any atom is 0.142 e. The van der Waals surface area contributed by atoms with Crippen molar-refractivity contribution in [2.24, 2.45) is 0 Å². The Bertz CT molecular complexity index is 290.